The first-order valence-corrected chi connectivity index (χ1v) is 12.5. The fraction of sp³-hybridized carbons (Fsp3) is 0.500. The third-order valence-electron chi connectivity index (χ3n) is 6.68. The Balaban J connectivity index is 1.73. The van der Waals surface area contributed by atoms with Gasteiger partial charge in [-0.15, -0.1) is 0 Å². The van der Waals surface area contributed by atoms with Crippen molar-refractivity contribution in [3.8, 4) is 17.2 Å². The summed E-state index contributed by atoms with van der Waals surface area (Å²) in [5.74, 6) is 0.291. The Morgan fingerprint density at radius 1 is 1.11 bits per heavy atom. The number of halogens is 1. The molecule has 2 heterocycles. The third kappa shape index (κ3) is 5.07. The molecule has 35 heavy (non-hydrogen) atoms. The summed E-state index contributed by atoms with van der Waals surface area (Å²) in [4.78, 5) is 15.4. The summed E-state index contributed by atoms with van der Waals surface area (Å²) in [5, 5.41) is 21.6. The molecule has 4 N–H and O–H groups in total. The molecule has 0 radical (unpaired) electrons. The van der Waals surface area contributed by atoms with Crippen LogP contribution in [-0.2, 0) is 9.53 Å². The van der Waals surface area contributed by atoms with Gasteiger partial charge in [0, 0.05) is 29.7 Å². The molecule has 1 amide bonds. The number of hydrazine groups is 1. The largest absolute Gasteiger partial charge is 0.508 e. The topological polar surface area (TPSA) is 103 Å². The monoisotopic (exact) mass is 503 g/mol. The highest BCUT2D eigenvalue weighted by Crippen LogP contribution is 2.50. The van der Waals surface area contributed by atoms with Crippen molar-refractivity contribution in [1.82, 2.24) is 15.8 Å². The number of hydrogen-bond donors (Lipinski definition) is 4. The number of likely N-dealkylation sites (tertiary alicyclic amines) is 1. The van der Waals surface area contributed by atoms with Crippen LogP contribution in [0.4, 0.5) is 0 Å². The number of benzene rings is 2. The summed E-state index contributed by atoms with van der Waals surface area (Å²) in [6.45, 7) is 9.13. The zero-order valence-electron chi connectivity index (χ0n) is 20.5. The Hall–Kier alpha value is -2.52. The third-order valence-corrected chi connectivity index (χ3v) is 7.08. The van der Waals surface area contributed by atoms with E-state index in [0.29, 0.717) is 42.5 Å². The molecule has 2 aliphatic rings. The van der Waals surface area contributed by atoms with Gasteiger partial charge >= 0.3 is 0 Å². The molecule has 2 saturated heterocycles. The fourth-order valence-corrected chi connectivity index (χ4v) is 5.26. The van der Waals surface area contributed by atoms with E-state index in [4.69, 9.17) is 21.1 Å². The van der Waals surface area contributed by atoms with Gasteiger partial charge in [-0.05, 0) is 69.5 Å². The molecule has 2 fully saturated rings. The summed E-state index contributed by atoms with van der Waals surface area (Å²) in [5.41, 5.74) is 8.65. The van der Waals surface area contributed by atoms with Gasteiger partial charge in [0.25, 0.3) is 0 Å². The molecule has 0 spiro atoms. The number of fused-ring (bicyclic) bond motifs is 1. The van der Waals surface area contributed by atoms with Crippen LogP contribution < -0.4 is 15.6 Å². The summed E-state index contributed by atoms with van der Waals surface area (Å²) >= 11 is 6.41. The number of carbonyl (C=O) groups excluding carboxylic acids is 1. The molecule has 0 aliphatic carbocycles. The zero-order valence-corrected chi connectivity index (χ0v) is 21.3. The molecule has 0 bridgehead atoms. The van der Waals surface area contributed by atoms with Crippen LogP contribution in [0.25, 0.3) is 0 Å². The van der Waals surface area contributed by atoms with Crippen LogP contribution >= 0.6 is 11.6 Å². The van der Waals surface area contributed by atoms with Crippen molar-refractivity contribution in [2.45, 2.75) is 58.3 Å². The Morgan fingerprint density at radius 3 is 2.57 bits per heavy atom. The maximum absolute atomic E-state index is 13.6. The average molecular weight is 504 g/mol. The Labute approximate surface area is 211 Å². The van der Waals surface area contributed by atoms with E-state index in [0.717, 1.165) is 11.1 Å². The lowest BCUT2D eigenvalue weighted by Crippen LogP contribution is -2.41. The highest BCUT2D eigenvalue weighted by atomic mass is 35.5. The summed E-state index contributed by atoms with van der Waals surface area (Å²) in [6.07, 6.45) is 0.811. The quantitative estimate of drug-likeness (QED) is 0.384. The highest BCUT2D eigenvalue weighted by molar-refractivity contribution is 6.31. The number of nitrogens with zero attached hydrogens (tertiary/aromatic N) is 1. The van der Waals surface area contributed by atoms with E-state index in [-0.39, 0.29) is 41.5 Å². The van der Waals surface area contributed by atoms with Gasteiger partial charge in [-0.3, -0.25) is 4.79 Å². The van der Waals surface area contributed by atoms with E-state index in [9.17, 15) is 15.0 Å². The lowest BCUT2D eigenvalue weighted by atomic mass is 9.83. The minimum absolute atomic E-state index is 0.0247. The number of rotatable bonds is 9. The number of carbonyl (C=O) groups is 1. The number of phenolic OH excluding ortho intramolecular Hbond substituents is 2. The maximum atomic E-state index is 13.6. The van der Waals surface area contributed by atoms with Crippen molar-refractivity contribution in [2.24, 2.45) is 5.92 Å². The number of ether oxygens (including phenoxy) is 2. The Bertz CT molecular complexity index is 1080. The van der Waals surface area contributed by atoms with Crippen molar-refractivity contribution < 1.29 is 24.5 Å². The van der Waals surface area contributed by atoms with Gasteiger partial charge in [0.1, 0.15) is 11.8 Å². The Morgan fingerprint density at radius 2 is 1.86 bits per heavy atom. The summed E-state index contributed by atoms with van der Waals surface area (Å²) in [7, 11) is 0. The fourth-order valence-electron chi connectivity index (χ4n) is 5.09. The lowest BCUT2D eigenvalue weighted by Gasteiger charge is -2.32. The van der Waals surface area contributed by atoms with Crippen LogP contribution in [0.2, 0.25) is 5.02 Å². The smallest absolute Gasteiger partial charge is 0.242 e. The van der Waals surface area contributed by atoms with Crippen molar-refractivity contribution in [3.63, 3.8) is 0 Å². The first kappa shape index (κ1) is 25.6. The van der Waals surface area contributed by atoms with Crippen molar-refractivity contribution in [2.75, 3.05) is 19.8 Å². The second kappa shape index (κ2) is 10.6. The molecule has 4 rings (SSSR count). The molecule has 0 aromatic heterocycles. The van der Waals surface area contributed by atoms with Gasteiger partial charge in [0.2, 0.25) is 5.91 Å². The normalized spacial score (nSPS) is 23.8. The Kier molecular flexibility index (Phi) is 7.76. The number of phenols is 2. The van der Waals surface area contributed by atoms with Gasteiger partial charge in [-0.1, -0.05) is 17.7 Å². The SMILES string of the molecule is CCOc1cc(C2C3C(NNC3c3cc(Cl)c(C)cc3O)C(=O)N2CCCOC(C)C)ccc1O. The number of hydrogen-bond acceptors (Lipinski definition) is 7. The standard InChI is InChI=1S/C26H34ClN3O5/c1-5-34-21-12-16(7-8-19(21)31)25-22-23(17-13-18(27)15(4)11-20(17)32)28-29-24(22)26(33)30(25)9-6-10-35-14(2)3/h7-8,11-14,22-25,28-29,31-32H,5-6,9-10H2,1-4H3. The first-order valence-electron chi connectivity index (χ1n) is 12.1. The van der Waals surface area contributed by atoms with Crippen LogP contribution in [0.5, 0.6) is 17.2 Å². The van der Waals surface area contributed by atoms with Crippen LogP contribution in [0.1, 0.15) is 56.0 Å². The number of aryl methyl sites for hydroxylation is 1. The van der Waals surface area contributed by atoms with E-state index < -0.39 is 6.04 Å². The number of amides is 1. The maximum Gasteiger partial charge on any atom is 0.242 e. The van der Waals surface area contributed by atoms with Gasteiger partial charge in [-0.2, -0.15) is 0 Å². The molecule has 8 nitrogen and oxygen atoms in total. The second-order valence-corrected chi connectivity index (χ2v) is 9.80. The number of aromatic hydroxyl groups is 2. The van der Waals surface area contributed by atoms with Crippen molar-refractivity contribution >= 4 is 17.5 Å². The summed E-state index contributed by atoms with van der Waals surface area (Å²) < 4.78 is 11.3. The van der Waals surface area contributed by atoms with Gasteiger partial charge in [-0.25, -0.2) is 10.9 Å². The first-order chi connectivity index (χ1) is 16.7. The number of nitrogens with one attached hydrogen (secondary N) is 2. The summed E-state index contributed by atoms with van der Waals surface area (Å²) in [6, 6.07) is 7.46. The van der Waals surface area contributed by atoms with Crippen LogP contribution in [-0.4, -0.2) is 52.9 Å². The van der Waals surface area contributed by atoms with E-state index in [1.807, 2.05) is 38.7 Å². The molecule has 2 aromatic rings. The molecular formula is C26H34ClN3O5. The molecule has 2 aliphatic heterocycles. The minimum Gasteiger partial charge on any atom is -0.508 e. The minimum atomic E-state index is -0.486. The predicted octanol–water partition coefficient (Wildman–Crippen LogP) is 3.99. The molecule has 9 heteroatoms. The van der Waals surface area contributed by atoms with Crippen LogP contribution in [0, 0.1) is 12.8 Å². The molecule has 0 saturated carbocycles. The highest BCUT2D eigenvalue weighted by Gasteiger charge is 2.55. The van der Waals surface area contributed by atoms with Gasteiger partial charge in [0.05, 0.1) is 24.8 Å². The van der Waals surface area contributed by atoms with E-state index in [1.54, 1.807) is 24.3 Å². The molecule has 2 aromatic carbocycles. The van der Waals surface area contributed by atoms with E-state index in [2.05, 4.69) is 10.9 Å². The molecule has 4 unspecified atom stereocenters. The van der Waals surface area contributed by atoms with Crippen molar-refractivity contribution in [3.05, 3.63) is 52.0 Å². The molecule has 4 atom stereocenters. The van der Waals surface area contributed by atoms with Crippen LogP contribution in [0.15, 0.2) is 30.3 Å². The van der Waals surface area contributed by atoms with E-state index >= 15 is 0 Å². The average Bonchev–Trinajstić information content (AvgIpc) is 3.34. The molecule has 190 valence electrons. The van der Waals surface area contributed by atoms with Crippen molar-refractivity contribution in [1.29, 1.82) is 0 Å². The van der Waals surface area contributed by atoms with E-state index in [1.165, 1.54) is 0 Å². The zero-order chi connectivity index (χ0) is 25.3. The lowest BCUT2D eigenvalue weighted by molar-refractivity contribution is -0.131. The van der Waals surface area contributed by atoms with Crippen LogP contribution in [0.3, 0.4) is 0 Å². The second-order valence-electron chi connectivity index (χ2n) is 9.39. The van der Waals surface area contributed by atoms with Gasteiger partial charge in [0.15, 0.2) is 11.5 Å². The predicted molar refractivity (Wildman–Crippen MR) is 134 cm³/mol. The molecular weight excluding hydrogens is 470 g/mol. The van der Waals surface area contributed by atoms with Gasteiger partial charge < -0.3 is 24.6 Å².